The van der Waals surface area contributed by atoms with E-state index in [9.17, 15) is 14.4 Å². The number of rotatable bonds is 52. The SMILES string of the molecule is CC/C=C\C/C=C\C/C=C\C/C=C\C/C=C\C/C=C\CCC(=O)OC[C@@H](COC(=O)CCCCCCCC/C=C\C/C=C\C/C=C\CCCCC)OC(=O)CCCCC/C=C\C/C=C\C/C=C\C/C=C\CCCCC. The van der Waals surface area contributed by atoms with Crippen molar-refractivity contribution >= 4 is 17.9 Å². The molecule has 6 nitrogen and oxygen atoms in total. The minimum Gasteiger partial charge on any atom is -0.462 e. The second-order valence-corrected chi connectivity index (χ2v) is 19.2. The van der Waals surface area contributed by atoms with Crippen LogP contribution in [0, 0.1) is 0 Å². The Morgan fingerprint density at radius 2 is 0.547 bits per heavy atom. The van der Waals surface area contributed by atoms with Gasteiger partial charge in [0.15, 0.2) is 6.10 Å². The second-order valence-electron chi connectivity index (χ2n) is 19.2. The highest BCUT2D eigenvalue weighted by Gasteiger charge is 2.19. The molecule has 0 aliphatic rings. The molecule has 0 saturated carbocycles. The van der Waals surface area contributed by atoms with E-state index in [1.807, 2.05) is 12.2 Å². The monoisotopic (exact) mass is 1030 g/mol. The van der Waals surface area contributed by atoms with Crippen LogP contribution in [0.2, 0.25) is 0 Å². The van der Waals surface area contributed by atoms with Gasteiger partial charge in [-0.1, -0.05) is 237 Å². The summed E-state index contributed by atoms with van der Waals surface area (Å²) in [5.74, 6) is -1.07. The summed E-state index contributed by atoms with van der Waals surface area (Å²) < 4.78 is 16.8. The summed E-state index contributed by atoms with van der Waals surface area (Å²) in [7, 11) is 0. The summed E-state index contributed by atoms with van der Waals surface area (Å²) in [6.07, 6.45) is 89.5. The Balaban J connectivity index is 4.62. The maximum atomic E-state index is 12.9. The van der Waals surface area contributed by atoms with E-state index in [4.69, 9.17) is 14.2 Å². The third-order valence-corrected chi connectivity index (χ3v) is 12.0. The number of unbranched alkanes of at least 4 members (excludes halogenated alkanes) is 15. The van der Waals surface area contributed by atoms with Gasteiger partial charge in [0.25, 0.3) is 0 Å². The molecule has 0 saturated heterocycles. The molecule has 0 fully saturated rings. The van der Waals surface area contributed by atoms with Crippen molar-refractivity contribution in [1.82, 2.24) is 0 Å². The van der Waals surface area contributed by atoms with Crippen LogP contribution >= 0.6 is 0 Å². The van der Waals surface area contributed by atoms with Gasteiger partial charge in [0.2, 0.25) is 0 Å². The van der Waals surface area contributed by atoms with Crippen molar-refractivity contribution in [2.24, 2.45) is 0 Å². The Labute approximate surface area is 460 Å². The summed E-state index contributed by atoms with van der Waals surface area (Å²) in [6.45, 7) is 6.36. The number of hydrogen-bond donors (Lipinski definition) is 0. The van der Waals surface area contributed by atoms with E-state index in [1.165, 1.54) is 64.2 Å². The molecule has 0 radical (unpaired) electrons. The molecule has 0 aliphatic heterocycles. The quantitative estimate of drug-likeness (QED) is 0.0261. The summed E-state index contributed by atoms with van der Waals surface area (Å²) in [5, 5.41) is 0. The van der Waals surface area contributed by atoms with Crippen LogP contribution in [0.4, 0.5) is 0 Å². The number of hydrogen-bond acceptors (Lipinski definition) is 6. The number of esters is 3. The topological polar surface area (TPSA) is 78.9 Å². The molecule has 420 valence electrons. The molecule has 0 aliphatic carbocycles. The van der Waals surface area contributed by atoms with Crippen LogP contribution in [0.3, 0.4) is 0 Å². The standard InChI is InChI=1S/C69H108O6/c1-4-7-10-13-16-19-22-25-28-31-34-37-40-43-46-49-52-55-58-61-67(70)73-64-66(75-69(72)63-60-57-54-51-48-45-42-39-36-33-30-27-24-21-18-15-12-9-6-3)65-74-68(71)62-59-56-53-50-47-44-41-38-35-32-29-26-23-20-17-14-11-8-5-2/h7,10,16-21,25-30,34-39,43,45-46,48,52,55,66H,4-6,8-9,11-15,22-24,31-33,40-42,44,47,49-51,53-54,56-65H2,1-3H3/b10-7-,19-16-,20-17-,21-18-,28-25-,29-26-,30-27-,37-34-,38-35-,39-36-,46-43-,48-45-,55-52-/t66-/m0/s1. The highest BCUT2D eigenvalue weighted by molar-refractivity contribution is 5.71. The Bertz CT molecular complexity index is 1710. The number of allylic oxidation sites excluding steroid dienone is 26. The molecule has 0 bridgehead atoms. The highest BCUT2D eigenvalue weighted by atomic mass is 16.6. The number of ether oxygens (including phenoxy) is 3. The van der Waals surface area contributed by atoms with Crippen molar-refractivity contribution in [1.29, 1.82) is 0 Å². The minimum absolute atomic E-state index is 0.128. The molecule has 6 heteroatoms. The highest BCUT2D eigenvalue weighted by Crippen LogP contribution is 2.12. The zero-order valence-electron chi connectivity index (χ0n) is 48.0. The first-order valence-corrected chi connectivity index (χ1v) is 30.0. The van der Waals surface area contributed by atoms with E-state index < -0.39 is 6.10 Å². The van der Waals surface area contributed by atoms with Crippen molar-refractivity contribution in [3.8, 4) is 0 Å². The van der Waals surface area contributed by atoms with E-state index in [2.05, 4.69) is 167 Å². The fourth-order valence-electron chi connectivity index (χ4n) is 7.52. The average molecular weight is 1030 g/mol. The maximum Gasteiger partial charge on any atom is 0.306 e. The fourth-order valence-corrected chi connectivity index (χ4v) is 7.52. The van der Waals surface area contributed by atoms with Crippen molar-refractivity contribution in [2.45, 2.75) is 245 Å². The molecule has 0 aromatic heterocycles. The lowest BCUT2D eigenvalue weighted by molar-refractivity contribution is -0.166. The zero-order chi connectivity index (χ0) is 54.3. The Morgan fingerprint density at radius 3 is 0.907 bits per heavy atom. The van der Waals surface area contributed by atoms with E-state index in [-0.39, 0.29) is 44.0 Å². The Morgan fingerprint density at radius 1 is 0.280 bits per heavy atom. The van der Waals surface area contributed by atoms with Gasteiger partial charge in [-0.15, -0.1) is 0 Å². The average Bonchev–Trinajstić information content (AvgIpc) is 3.41. The first-order chi connectivity index (χ1) is 37.0. The molecule has 0 aromatic rings. The number of carbonyl (C=O) groups is 3. The summed E-state index contributed by atoms with van der Waals surface area (Å²) in [4.78, 5) is 38.2. The third kappa shape index (κ3) is 59.8. The molecule has 0 spiro atoms. The predicted octanol–water partition coefficient (Wildman–Crippen LogP) is 20.5. The molecule has 0 aromatic carbocycles. The second kappa shape index (κ2) is 61.6. The van der Waals surface area contributed by atoms with E-state index in [0.717, 1.165) is 122 Å². The Kier molecular flexibility index (Phi) is 57.5. The smallest absolute Gasteiger partial charge is 0.306 e. The van der Waals surface area contributed by atoms with Gasteiger partial charge in [-0.05, 0) is 141 Å². The maximum absolute atomic E-state index is 12.9. The summed E-state index contributed by atoms with van der Waals surface area (Å²) in [5.41, 5.74) is 0. The van der Waals surface area contributed by atoms with Gasteiger partial charge in [0.05, 0.1) is 0 Å². The zero-order valence-corrected chi connectivity index (χ0v) is 48.0. The van der Waals surface area contributed by atoms with E-state index >= 15 is 0 Å². The van der Waals surface area contributed by atoms with Crippen LogP contribution in [0.25, 0.3) is 0 Å². The lowest BCUT2D eigenvalue weighted by Crippen LogP contribution is -2.30. The molecule has 0 amide bonds. The summed E-state index contributed by atoms with van der Waals surface area (Å²) >= 11 is 0. The van der Waals surface area contributed by atoms with Crippen LogP contribution in [-0.2, 0) is 28.6 Å². The normalized spacial score (nSPS) is 13.3. The van der Waals surface area contributed by atoms with E-state index in [0.29, 0.717) is 19.3 Å². The molecule has 0 rings (SSSR count). The van der Waals surface area contributed by atoms with Crippen molar-refractivity contribution in [3.05, 3.63) is 158 Å². The fraction of sp³-hybridized carbons (Fsp3) is 0.580. The number of carbonyl (C=O) groups excluding carboxylic acids is 3. The van der Waals surface area contributed by atoms with Gasteiger partial charge in [0, 0.05) is 19.3 Å². The van der Waals surface area contributed by atoms with Gasteiger partial charge in [0.1, 0.15) is 13.2 Å². The molecule has 0 N–H and O–H groups in total. The largest absolute Gasteiger partial charge is 0.462 e. The molecule has 0 heterocycles. The van der Waals surface area contributed by atoms with Crippen LogP contribution in [-0.4, -0.2) is 37.2 Å². The van der Waals surface area contributed by atoms with Crippen LogP contribution in [0.5, 0.6) is 0 Å². The van der Waals surface area contributed by atoms with Crippen molar-refractivity contribution < 1.29 is 28.6 Å². The van der Waals surface area contributed by atoms with Crippen LogP contribution < -0.4 is 0 Å². The van der Waals surface area contributed by atoms with Crippen LogP contribution in [0.15, 0.2) is 158 Å². The lowest BCUT2D eigenvalue weighted by Gasteiger charge is -2.18. The minimum atomic E-state index is -0.841. The van der Waals surface area contributed by atoms with Gasteiger partial charge in [-0.25, -0.2) is 0 Å². The van der Waals surface area contributed by atoms with E-state index in [1.54, 1.807) is 0 Å². The molecule has 1 atom stereocenters. The first-order valence-electron chi connectivity index (χ1n) is 30.0. The third-order valence-electron chi connectivity index (χ3n) is 12.0. The molecular weight excluding hydrogens is 925 g/mol. The predicted molar refractivity (Wildman–Crippen MR) is 325 cm³/mol. The molecule has 0 unspecified atom stereocenters. The Hall–Kier alpha value is -4.97. The lowest BCUT2D eigenvalue weighted by atomic mass is 10.1. The summed E-state index contributed by atoms with van der Waals surface area (Å²) in [6, 6.07) is 0. The molecular formula is C69H108O6. The van der Waals surface area contributed by atoms with Gasteiger partial charge < -0.3 is 14.2 Å². The van der Waals surface area contributed by atoms with Crippen molar-refractivity contribution in [3.63, 3.8) is 0 Å². The molecule has 75 heavy (non-hydrogen) atoms. The van der Waals surface area contributed by atoms with Gasteiger partial charge >= 0.3 is 17.9 Å². The van der Waals surface area contributed by atoms with Gasteiger partial charge in [-0.2, -0.15) is 0 Å². The van der Waals surface area contributed by atoms with Crippen molar-refractivity contribution in [2.75, 3.05) is 13.2 Å². The van der Waals surface area contributed by atoms with Crippen LogP contribution in [0.1, 0.15) is 239 Å². The van der Waals surface area contributed by atoms with Gasteiger partial charge in [-0.3, -0.25) is 14.4 Å². The first kappa shape index (κ1) is 70.0.